The number of anilines is 2. The van der Waals surface area contributed by atoms with Crippen molar-refractivity contribution >= 4 is 90.0 Å². The number of halogens is 4. The molecule has 4 aliphatic rings. The molecule has 4 aliphatic heterocycles. The maximum Gasteiger partial charge on any atom is 0.270 e. The van der Waals surface area contributed by atoms with Gasteiger partial charge < -0.3 is 19.3 Å². The minimum atomic E-state index is -0.941. The highest BCUT2D eigenvalue weighted by atomic mass is 79.9. The van der Waals surface area contributed by atoms with E-state index >= 15 is 0 Å². The lowest BCUT2D eigenvalue weighted by atomic mass is 9.75. The Labute approximate surface area is 333 Å². The number of non-ortho nitro benzene ring substituents is 2. The smallest absolute Gasteiger partial charge is 0.270 e. The summed E-state index contributed by atoms with van der Waals surface area (Å²) in [6, 6.07) is 17.8. The van der Waals surface area contributed by atoms with Gasteiger partial charge in [0.25, 0.3) is 11.4 Å². The van der Waals surface area contributed by atoms with Crippen molar-refractivity contribution in [1.82, 2.24) is 0 Å². The van der Waals surface area contributed by atoms with E-state index in [4.69, 9.17) is 32.7 Å². The van der Waals surface area contributed by atoms with Crippen LogP contribution < -0.4 is 19.3 Å². The molecule has 274 valence electrons. The summed E-state index contributed by atoms with van der Waals surface area (Å²) >= 11 is 17.3. The van der Waals surface area contributed by atoms with E-state index in [1.54, 1.807) is 12.1 Å². The van der Waals surface area contributed by atoms with Gasteiger partial charge in [0.2, 0.25) is 11.4 Å². The zero-order valence-electron chi connectivity index (χ0n) is 29.5. The molecule has 0 fully saturated rings. The van der Waals surface area contributed by atoms with Gasteiger partial charge in [0.1, 0.15) is 11.5 Å². The molecule has 8 rings (SSSR count). The van der Waals surface area contributed by atoms with Crippen molar-refractivity contribution in [1.29, 1.82) is 0 Å². The van der Waals surface area contributed by atoms with E-state index in [0.29, 0.717) is 22.6 Å². The molecule has 0 amide bonds. The summed E-state index contributed by atoms with van der Waals surface area (Å²) in [6.07, 6.45) is 7.85. The molecule has 53 heavy (non-hydrogen) atoms. The largest absolute Gasteiger partial charge is 0.463 e. The highest BCUT2D eigenvalue weighted by Gasteiger charge is 2.61. The van der Waals surface area contributed by atoms with Crippen LogP contribution in [0.25, 0.3) is 23.3 Å². The van der Waals surface area contributed by atoms with Gasteiger partial charge in [-0.3, -0.25) is 20.2 Å². The number of rotatable bonds is 3. The summed E-state index contributed by atoms with van der Waals surface area (Å²) in [4.78, 5) is 26.5. The highest BCUT2D eigenvalue weighted by molar-refractivity contribution is 9.10. The third-order valence-corrected chi connectivity index (χ3v) is 12.5. The second-order valence-electron chi connectivity index (χ2n) is 14.3. The molecule has 0 radical (unpaired) electrons. The number of nitro groups is 2. The molecule has 0 unspecified atom stereocenters. The predicted molar refractivity (Wildman–Crippen MR) is 218 cm³/mol. The zero-order valence-corrected chi connectivity index (χ0v) is 34.2. The molecule has 2 atom stereocenters. The summed E-state index contributed by atoms with van der Waals surface area (Å²) in [7, 11) is 4.06. The number of hydrogen-bond donors (Lipinski definition) is 0. The van der Waals surface area contributed by atoms with E-state index < -0.39 is 32.1 Å². The molecule has 4 heterocycles. The van der Waals surface area contributed by atoms with E-state index in [-0.39, 0.29) is 16.7 Å². The average Bonchev–Trinajstić information content (AvgIpc) is 3.39. The van der Waals surface area contributed by atoms with E-state index in [1.807, 2.05) is 38.4 Å². The van der Waals surface area contributed by atoms with Gasteiger partial charge in [-0.25, -0.2) is 0 Å². The Kier molecular flexibility index (Phi) is 8.96. The Hall–Kier alpha value is -4.10. The molecule has 0 saturated carbocycles. The van der Waals surface area contributed by atoms with Gasteiger partial charge in [-0.05, 0) is 76.3 Å². The molecule has 14 heteroatoms. The lowest BCUT2D eigenvalue weighted by molar-refractivity contribution is -0.385. The van der Waals surface area contributed by atoms with Crippen LogP contribution >= 0.6 is 55.1 Å². The number of hydrogen-bond acceptors (Lipinski definition) is 8. The van der Waals surface area contributed by atoms with Crippen LogP contribution in [0.3, 0.4) is 0 Å². The van der Waals surface area contributed by atoms with Crippen LogP contribution in [0.15, 0.2) is 81.8 Å². The molecular weight excluding hydrogens is 851 g/mol. The monoisotopic (exact) mass is 882 g/mol. The first kappa shape index (κ1) is 37.2. The predicted octanol–water partition coefficient (Wildman–Crippen LogP) is 11.2. The van der Waals surface area contributed by atoms with Gasteiger partial charge in [0.15, 0.2) is 0 Å². The quantitative estimate of drug-likeness (QED) is 0.114. The standard InChI is InChI=1S/C38H32Br2N4O6.CH2Cl2/c1-35(2)31-27(39)11-9-25(33(31)41(5)37(35)17-15-21-19-23(43(45)46)7-13-29(21)49-37)26-10-12-28(40)32-34(26)42(6)38(36(32,3)4)18-16-22-20-24(44(47)48)8-14-30(22)50-38;2-1-3/h7-20H,1-6H3;1H2/t37-,38+;. The number of likely N-dealkylation sites (N-methyl/N-ethyl adjacent to an activating group) is 2. The molecule has 0 aliphatic carbocycles. The fourth-order valence-electron chi connectivity index (χ4n) is 8.57. The summed E-state index contributed by atoms with van der Waals surface area (Å²) in [5.74, 6) is 1.15. The Morgan fingerprint density at radius 3 is 1.36 bits per heavy atom. The fraction of sp³-hybridized carbons (Fsp3) is 0.282. The lowest BCUT2D eigenvalue weighted by Crippen LogP contribution is -2.58. The maximum atomic E-state index is 11.5. The summed E-state index contributed by atoms with van der Waals surface area (Å²) in [5, 5.41) is 23.2. The summed E-state index contributed by atoms with van der Waals surface area (Å²) < 4.78 is 15.7. The molecule has 0 N–H and O–H groups in total. The fourth-order valence-corrected chi connectivity index (χ4v) is 10.2. The third-order valence-electron chi connectivity index (χ3n) is 11.2. The number of nitro benzene ring substituents is 2. The number of ether oxygens (including phenoxy) is 2. The van der Waals surface area contributed by atoms with Gasteiger partial charge in [0, 0.05) is 80.7 Å². The van der Waals surface area contributed by atoms with Crippen molar-refractivity contribution < 1.29 is 19.3 Å². The van der Waals surface area contributed by atoms with E-state index in [2.05, 4.69) is 93.6 Å². The first-order valence-corrected chi connectivity index (χ1v) is 19.2. The second kappa shape index (κ2) is 12.8. The molecule has 0 aromatic heterocycles. The molecule has 4 aromatic rings. The molecule has 4 aromatic carbocycles. The van der Waals surface area contributed by atoms with Crippen LogP contribution in [0, 0.1) is 20.2 Å². The lowest BCUT2D eigenvalue weighted by Gasteiger charge is -2.46. The van der Waals surface area contributed by atoms with Crippen molar-refractivity contribution in [2.24, 2.45) is 0 Å². The SMILES string of the molecule is CN1c2c(-c3ccc(Br)c4c3N(C)[C@]3(C=Cc5cc([N+](=O)[O-])ccc5O3)C4(C)C)ccc(Br)c2C(C)(C)[C@]12C=Cc1cc([N+](=O)[O-])ccc1O2.ClCCl. The van der Waals surface area contributed by atoms with Gasteiger partial charge in [-0.15, -0.1) is 23.2 Å². The number of alkyl halides is 2. The van der Waals surface area contributed by atoms with Crippen LogP contribution in [0.5, 0.6) is 11.5 Å². The Balaban J connectivity index is 0.00000140. The minimum Gasteiger partial charge on any atom is -0.463 e. The normalized spacial score (nSPS) is 21.9. The number of benzene rings is 4. The van der Waals surface area contributed by atoms with Crippen LogP contribution in [0.2, 0.25) is 0 Å². The maximum absolute atomic E-state index is 11.5. The Morgan fingerprint density at radius 2 is 1.02 bits per heavy atom. The third kappa shape index (κ3) is 5.16. The first-order chi connectivity index (χ1) is 25.0. The van der Waals surface area contributed by atoms with Gasteiger partial charge in [0.05, 0.1) is 37.4 Å². The molecule has 0 bridgehead atoms. The summed E-state index contributed by atoms with van der Waals surface area (Å²) in [6.45, 7) is 8.62. The average molecular weight is 885 g/mol. The zero-order chi connectivity index (χ0) is 38.4. The Bertz CT molecular complexity index is 2150. The highest BCUT2D eigenvalue weighted by Crippen LogP contribution is 2.63. The van der Waals surface area contributed by atoms with Crippen molar-refractivity contribution in [2.45, 2.75) is 50.0 Å². The molecule has 0 saturated heterocycles. The van der Waals surface area contributed by atoms with Crippen molar-refractivity contribution in [3.63, 3.8) is 0 Å². The van der Waals surface area contributed by atoms with Crippen molar-refractivity contribution in [2.75, 3.05) is 29.2 Å². The molecule has 2 spiro atoms. The van der Waals surface area contributed by atoms with Crippen LogP contribution in [-0.2, 0) is 10.8 Å². The topological polar surface area (TPSA) is 111 Å². The number of nitrogens with zero attached hydrogens (tertiary/aromatic N) is 4. The van der Waals surface area contributed by atoms with Gasteiger partial charge in [-0.2, -0.15) is 0 Å². The van der Waals surface area contributed by atoms with Gasteiger partial charge >= 0.3 is 0 Å². The molecular formula is C39H34Br2Cl2N4O6. The van der Waals surface area contributed by atoms with E-state index in [0.717, 1.165) is 42.6 Å². The second-order valence-corrected chi connectivity index (χ2v) is 16.8. The van der Waals surface area contributed by atoms with Crippen LogP contribution in [0.1, 0.15) is 49.9 Å². The summed E-state index contributed by atoms with van der Waals surface area (Å²) in [5.41, 5.74) is 4.43. The minimum absolute atomic E-state index is 0.0100. The first-order valence-electron chi connectivity index (χ1n) is 16.6. The van der Waals surface area contributed by atoms with Crippen molar-refractivity contribution in [3.8, 4) is 22.6 Å². The van der Waals surface area contributed by atoms with Crippen molar-refractivity contribution in [3.05, 3.63) is 124 Å². The van der Waals surface area contributed by atoms with E-state index in [9.17, 15) is 20.2 Å². The molecule has 10 nitrogen and oxygen atoms in total. The van der Waals surface area contributed by atoms with Crippen LogP contribution in [-0.4, -0.2) is 40.7 Å². The Morgan fingerprint density at radius 1 is 0.660 bits per heavy atom. The van der Waals surface area contributed by atoms with Gasteiger partial charge in [-0.1, -0.05) is 44.0 Å². The van der Waals surface area contributed by atoms with Crippen LogP contribution in [0.4, 0.5) is 22.7 Å². The van der Waals surface area contributed by atoms with E-state index in [1.165, 1.54) is 24.3 Å². The number of fused-ring (bicyclic) bond motifs is 4.